The molecule has 92 valence electrons. The van der Waals surface area contributed by atoms with E-state index in [2.05, 4.69) is 16.7 Å². The molecule has 0 aromatic heterocycles. The van der Waals surface area contributed by atoms with Gasteiger partial charge in [0.1, 0.15) is 6.07 Å². The number of hydrogen-bond donors (Lipinski definition) is 2. The van der Waals surface area contributed by atoms with Crippen molar-refractivity contribution in [1.29, 1.82) is 5.26 Å². The summed E-state index contributed by atoms with van der Waals surface area (Å²) in [7, 11) is 0. The zero-order valence-corrected chi connectivity index (χ0v) is 10.1. The number of nitrogens with one attached hydrogen (secondary N) is 2. The molecule has 1 heterocycles. The lowest BCUT2D eigenvalue weighted by molar-refractivity contribution is -0.118. The fourth-order valence-electron chi connectivity index (χ4n) is 2.26. The zero-order valence-electron chi connectivity index (χ0n) is 10.1. The van der Waals surface area contributed by atoms with Crippen LogP contribution < -0.4 is 10.6 Å². The second-order valence-electron chi connectivity index (χ2n) is 4.35. The van der Waals surface area contributed by atoms with Crippen molar-refractivity contribution >= 4 is 17.3 Å². The van der Waals surface area contributed by atoms with Crippen LogP contribution in [0.15, 0.2) is 54.6 Å². The van der Waals surface area contributed by atoms with Crippen molar-refractivity contribution in [1.82, 2.24) is 0 Å². The first-order valence-electron chi connectivity index (χ1n) is 5.92. The molecule has 4 nitrogen and oxygen atoms in total. The highest BCUT2D eigenvalue weighted by Gasteiger charge is 2.47. The topological polar surface area (TPSA) is 64.9 Å². The molecule has 1 atom stereocenters. The van der Waals surface area contributed by atoms with Crippen molar-refractivity contribution in [3.05, 3.63) is 60.2 Å². The normalized spacial score (nSPS) is 20.3. The Balaban J connectivity index is 2.10. The van der Waals surface area contributed by atoms with E-state index < -0.39 is 5.54 Å². The maximum absolute atomic E-state index is 12.2. The minimum atomic E-state index is -1.36. The first kappa shape index (κ1) is 11.3. The SMILES string of the molecule is N#C[C@]1(Nc2ccccc2)C(=O)Nc2ccccc21. The van der Waals surface area contributed by atoms with Crippen LogP contribution in [0.4, 0.5) is 11.4 Å². The summed E-state index contributed by atoms with van der Waals surface area (Å²) in [5.74, 6) is -0.347. The summed E-state index contributed by atoms with van der Waals surface area (Å²) in [5.41, 5.74) is 0.706. The van der Waals surface area contributed by atoms with Gasteiger partial charge in [0.25, 0.3) is 5.91 Å². The molecule has 0 saturated carbocycles. The van der Waals surface area contributed by atoms with E-state index in [0.29, 0.717) is 11.3 Å². The van der Waals surface area contributed by atoms with Crippen LogP contribution in [-0.2, 0) is 10.3 Å². The van der Waals surface area contributed by atoms with E-state index in [1.807, 2.05) is 42.5 Å². The van der Waals surface area contributed by atoms with Crippen LogP contribution in [0.2, 0.25) is 0 Å². The van der Waals surface area contributed by atoms with Crippen LogP contribution in [0.3, 0.4) is 0 Å². The van der Waals surface area contributed by atoms with Crippen molar-refractivity contribution in [3.8, 4) is 6.07 Å². The molecule has 3 rings (SSSR count). The van der Waals surface area contributed by atoms with E-state index in [-0.39, 0.29) is 5.91 Å². The lowest BCUT2D eigenvalue weighted by Crippen LogP contribution is -2.40. The van der Waals surface area contributed by atoms with Gasteiger partial charge in [-0.05, 0) is 18.2 Å². The predicted molar refractivity (Wildman–Crippen MR) is 72.4 cm³/mol. The number of benzene rings is 2. The van der Waals surface area contributed by atoms with Crippen LogP contribution in [0.5, 0.6) is 0 Å². The third kappa shape index (κ3) is 1.64. The summed E-state index contributed by atoms with van der Waals surface area (Å²) in [6.45, 7) is 0. The Labute approximate surface area is 110 Å². The summed E-state index contributed by atoms with van der Waals surface area (Å²) in [6.07, 6.45) is 0. The highest BCUT2D eigenvalue weighted by Crippen LogP contribution is 2.37. The van der Waals surface area contributed by atoms with E-state index in [1.54, 1.807) is 12.1 Å². The Bertz CT molecular complexity index is 675. The molecule has 0 spiro atoms. The Hall–Kier alpha value is -2.80. The molecule has 2 N–H and O–H groups in total. The number of carbonyl (C=O) groups is 1. The Morgan fingerprint density at radius 2 is 1.74 bits per heavy atom. The van der Waals surface area contributed by atoms with Crippen molar-refractivity contribution in [2.75, 3.05) is 10.6 Å². The number of para-hydroxylation sites is 2. The van der Waals surface area contributed by atoms with Crippen molar-refractivity contribution in [2.24, 2.45) is 0 Å². The fraction of sp³-hybridized carbons (Fsp3) is 0.0667. The summed E-state index contributed by atoms with van der Waals surface area (Å²) in [4.78, 5) is 12.2. The van der Waals surface area contributed by atoms with Crippen LogP contribution in [-0.4, -0.2) is 5.91 Å². The molecular weight excluding hydrogens is 238 g/mol. The summed E-state index contributed by atoms with van der Waals surface area (Å²) in [5, 5.41) is 15.3. The molecule has 0 bridgehead atoms. The Kier molecular flexibility index (Phi) is 2.46. The van der Waals surface area contributed by atoms with Gasteiger partial charge in [0, 0.05) is 16.9 Å². The molecule has 19 heavy (non-hydrogen) atoms. The number of nitrogens with zero attached hydrogens (tertiary/aromatic N) is 1. The molecule has 0 saturated heterocycles. The van der Waals surface area contributed by atoms with Crippen molar-refractivity contribution < 1.29 is 4.79 Å². The summed E-state index contributed by atoms with van der Waals surface area (Å²) >= 11 is 0. The van der Waals surface area contributed by atoms with E-state index in [4.69, 9.17) is 0 Å². The zero-order chi connectivity index (χ0) is 13.3. The molecule has 4 heteroatoms. The van der Waals surface area contributed by atoms with Crippen LogP contribution >= 0.6 is 0 Å². The number of fused-ring (bicyclic) bond motifs is 1. The Morgan fingerprint density at radius 1 is 1.05 bits per heavy atom. The van der Waals surface area contributed by atoms with Gasteiger partial charge in [-0.1, -0.05) is 36.4 Å². The van der Waals surface area contributed by atoms with Gasteiger partial charge in [-0.2, -0.15) is 5.26 Å². The van der Waals surface area contributed by atoms with Gasteiger partial charge < -0.3 is 10.6 Å². The number of hydrogen-bond acceptors (Lipinski definition) is 3. The average molecular weight is 249 g/mol. The van der Waals surface area contributed by atoms with Gasteiger partial charge in [0.2, 0.25) is 5.54 Å². The molecule has 2 aromatic rings. The third-order valence-corrected chi connectivity index (χ3v) is 3.19. The largest absolute Gasteiger partial charge is 0.356 e. The number of carbonyl (C=O) groups excluding carboxylic acids is 1. The number of nitriles is 1. The molecule has 0 fully saturated rings. The van der Waals surface area contributed by atoms with Crippen molar-refractivity contribution in [2.45, 2.75) is 5.54 Å². The first-order valence-corrected chi connectivity index (χ1v) is 5.92. The van der Waals surface area contributed by atoms with E-state index in [9.17, 15) is 10.1 Å². The molecular formula is C15H11N3O. The molecule has 0 unspecified atom stereocenters. The lowest BCUT2D eigenvalue weighted by Gasteiger charge is -2.22. The monoisotopic (exact) mass is 249 g/mol. The van der Waals surface area contributed by atoms with Crippen LogP contribution in [0.1, 0.15) is 5.56 Å². The van der Waals surface area contributed by atoms with E-state index in [1.165, 1.54) is 0 Å². The van der Waals surface area contributed by atoms with Gasteiger partial charge in [0.05, 0.1) is 0 Å². The minimum absolute atomic E-state index is 0.347. The van der Waals surface area contributed by atoms with Gasteiger partial charge >= 0.3 is 0 Å². The van der Waals surface area contributed by atoms with Crippen molar-refractivity contribution in [3.63, 3.8) is 0 Å². The molecule has 1 aliphatic heterocycles. The second-order valence-corrected chi connectivity index (χ2v) is 4.35. The van der Waals surface area contributed by atoms with Crippen LogP contribution in [0, 0.1) is 11.3 Å². The third-order valence-electron chi connectivity index (χ3n) is 3.19. The van der Waals surface area contributed by atoms with E-state index in [0.717, 1.165) is 5.69 Å². The standard InChI is InChI=1S/C15H11N3O/c16-10-15(18-11-6-2-1-3-7-11)12-8-4-5-9-13(12)17-14(15)19/h1-9,18H,(H,17,19)/t15-/m1/s1. The van der Waals surface area contributed by atoms with Crippen LogP contribution in [0.25, 0.3) is 0 Å². The lowest BCUT2D eigenvalue weighted by atomic mass is 9.92. The van der Waals surface area contributed by atoms with Gasteiger partial charge in [-0.3, -0.25) is 4.79 Å². The van der Waals surface area contributed by atoms with E-state index >= 15 is 0 Å². The summed E-state index contributed by atoms with van der Waals surface area (Å²) < 4.78 is 0. The fourth-order valence-corrected chi connectivity index (χ4v) is 2.26. The molecule has 2 aromatic carbocycles. The smallest absolute Gasteiger partial charge is 0.269 e. The maximum Gasteiger partial charge on any atom is 0.269 e. The number of rotatable bonds is 2. The molecule has 0 radical (unpaired) electrons. The van der Waals surface area contributed by atoms with Gasteiger partial charge in [-0.15, -0.1) is 0 Å². The predicted octanol–water partition coefficient (Wildman–Crippen LogP) is 2.47. The summed E-state index contributed by atoms with van der Waals surface area (Å²) in [6, 6.07) is 18.6. The number of amides is 1. The highest BCUT2D eigenvalue weighted by atomic mass is 16.2. The van der Waals surface area contributed by atoms with Gasteiger partial charge in [-0.25, -0.2) is 0 Å². The Morgan fingerprint density at radius 3 is 2.47 bits per heavy atom. The highest BCUT2D eigenvalue weighted by molar-refractivity contribution is 6.09. The molecule has 1 aliphatic rings. The minimum Gasteiger partial charge on any atom is -0.356 e. The molecule has 0 aliphatic carbocycles. The average Bonchev–Trinajstić information content (AvgIpc) is 2.73. The first-order chi connectivity index (χ1) is 9.26. The quantitative estimate of drug-likeness (QED) is 0.859. The van der Waals surface area contributed by atoms with Gasteiger partial charge in [0.15, 0.2) is 0 Å². The molecule has 1 amide bonds. The number of anilines is 2. The maximum atomic E-state index is 12.2. The second kappa shape index (κ2) is 4.14.